The Labute approximate surface area is 127 Å². The zero-order valence-corrected chi connectivity index (χ0v) is 12.4. The maximum absolute atomic E-state index is 13.6. The fourth-order valence-corrected chi connectivity index (χ4v) is 2.26. The minimum Gasteiger partial charge on any atom is -0.380 e. The zero-order valence-electron chi connectivity index (χ0n) is 10.1. The van der Waals surface area contributed by atoms with Crippen LogP contribution in [0.2, 0.25) is 5.02 Å². The molecule has 0 aliphatic heterocycles. The molecule has 0 radical (unpaired) electrons. The van der Waals surface area contributed by atoms with Crippen molar-refractivity contribution in [1.29, 1.82) is 0 Å². The summed E-state index contributed by atoms with van der Waals surface area (Å²) in [4.78, 5) is 10.2. The molecule has 7 heteroatoms. The standard InChI is InChI=1S/C13H9BrClFN2O2/c14-10-5-4-8(18(19)20)6-13(10)17-7-9-11(15)2-1-3-12(9)16/h1-6,17H,7H2. The highest BCUT2D eigenvalue weighted by molar-refractivity contribution is 9.10. The van der Waals surface area contributed by atoms with Crippen LogP contribution in [0.5, 0.6) is 0 Å². The Morgan fingerprint density at radius 2 is 2.10 bits per heavy atom. The zero-order chi connectivity index (χ0) is 14.7. The van der Waals surface area contributed by atoms with E-state index in [9.17, 15) is 14.5 Å². The van der Waals surface area contributed by atoms with Crippen LogP contribution >= 0.6 is 27.5 Å². The Bertz CT molecular complexity index is 647. The molecule has 0 aliphatic rings. The first-order chi connectivity index (χ1) is 9.49. The number of non-ortho nitro benzene ring substituents is 1. The maximum atomic E-state index is 13.6. The first kappa shape index (κ1) is 14.7. The van der Waals surface area contributed by atoms with Gasteiger partial charge in [0.15, 0.2) is 0 Å². The van der Waals surface area contributed by atoms with Gasteiger partial charge in [-0.25, -0.2) is 4.39 Å². The Morgan fingerprint density at radius 3 is 2.75 bits per heavy atom. The van der Waals surface area contributed by atoms with E-state index in [-0.39, 0.29) is 12.2 Å². The van der Waals surface area contributed by atoms with Crippen molar-refractivity contribution in [2.75, 3.05) is 5.32 Å². The predicted molar refractivity (Wildman–Crippen MR) is 79.5 cm³/mol. The number of hydrogen-bond acceptors (Lipinski definition) is 3. The first-order valence-electron chi connectivity index (χ1n) is 5.59. The van der Waals surface area contributed by atoms with Gasteiger partial charge in [0.1, 0.15) is 5.82 Å². The molecule has 2 aromatic rings. The van der Waals surface area contributed by atoms with Crippen molar-refractivity contribution in [2.24, 2.45) is 0 Å². The van der Waals surface area contributed by atoms with Crippen molar-refractivity contribution in [3.8, 4) is 0 Å². The lowest BCUT2D eigenvalue weighted by atomic mass is 10.2. The van der Waals surface area contributed by atoms with Crippen LogP contribution in [-0.2, 0) is 6.54 Å². The molecule has 0 aliphatic carbocycles. The minimum absolute atomic E-state index is 0.0460. The van der Waals surface area contributed by atoms with Crippen LogP contribution < -0.4 is 5.32 Å². The molecule has 0 heterocycles. The van der Waals surface area contributed by atoms with Crippen molar-refractivity contribution in [2.45, 2.75) is 6.54 Å². The number of benzene rings is 2. The third-order valence-electron chi connectivity index (χ3n) is 2.68. The molecule has 0 unspecified atom stereocenters. The molecule has 0 saturated carbocycles. The van der Waals surface area contributed by atoms with E-state index in [1.54, 1.807) is 12.1 Å². The van der Waals surface area contributed by atoms with E-state index in [0.29, 0.717) is 20.7 Å². The number of anilines is 1. The van der Waals surface area contributed by atoms with E-state index in [2.05, 4.69) is 21.2 Å². The summed E-state index contributed by atoms with van der Waals surface area (Å²) in [6.45, 7) is 0.130. The number of hydrogen-bond donors (Lipinski definition) is 1. The van der Waals surface area contributed by atoms with E-state index in [4.69, 9.17) is 11.6 Å². The van der Waals surface area contributed by atoms with E-state index in [1.165, 1.54) is 24.3 Å². The van der Waals surface area contributed by atoms with Gasteiger partial charge in [-0.05, 0) is 34.1 Å². The van der Waals surface area contributed by atoms with Crippen molar-refractivity contribution in [3.63, 3.8) is 0 Å². The van der Waals surface area contributed by atoms with Gasteiger partial charge in [0.25, 0.3) is 5.69 Å². The highest BCUT2D eigenvalue weighted by Gasteiger charge is 2.11. The fraction of sp³-hybridized carbons (Fsp3) is 0.0769. The maximum Gasteiger partial charge on any atom is 0.271 e. The second-order valence-electron chi connectivity index (χ2n) is 3.98. The molecule has 4 nitrogen and oxygen atoms in total. The summed E-state index contributed by atoms with van der Waals surface area (Å²) in [5.41, 5.74) is 0.765. The summed E-state index contributed by atoms with van der Waals surface area (Å²) in [6.07, 6.45) is 0. The summed E-state index contributed by atoms with van der Waals surface area (Å²) in [5, 5.41) is 14.0. The molecule has 104 valence electrons. The first-order valence-corrected chi connectivity index (χ1v) is 6.77. The van der Waals surface area contributed by atoms with Gasteiger partial charge in [0.2, 0.25) is 0 Å². The third-order valence-corrected chi connectivity index (χ3v) is 3.72. The number of halogens is 3. The molecule has 1 N–H and O–H groups in total. The minimum atomic E-state index is -0.492. The van der Waals surface area contributed by atoms with E-state index in [1.807, 2.05) is 0 Å². The summed E-state index contributed by atoms with van der Waals surface area (Å²) in [7, 11) is 0. The fourth-order valence-electron chi connectivity index (χ4n) is 1.65. The van der Waals surface area contributed by atoms with Crippen LogP contribution in [0.4, 0.5) is 15.8 Å². The normalized spacial score (nSPS) is 10.3. The molecule has 2 rings (SSSR count). The molecule has 0 bridgehead atoms. The molecule has 0 atom stereocenters. The monoisotopic (exact) mass is 358 g/mol. The van der Waals surface area contributed by atoms with E-state index < -0.39 is 10.7 Å². The Balaban J connectivity index is 2.23. The quantitative estimate of drug-likeness (QED) is 0.632. The Kier molecular flexibility index (Phi) is 4.57. The summed E-state index contributed by atoms with van der Waals surface area (Å²) in [6, 6.07) is 8.73. The molecule has 0 amide bonds. The van der Waals surface area contributed by atoms with Gasteiger partial charge >= 0.3 is 0 Å². The SMILES string of the molecule is O=[N+]([O-])c1ccc(Br)c(NCc2c(F)cccc2Cl)c1. The topological polar surface area (TPSA) is 55.2 Å². The Hall–Kier alpha value is -1.66. The van der Waals surface area contributed by atoms with Crippen LogP contribution in [0.3, 0.4) is 0 Å². The van der Waals surface area contributed by atoms with Gasteiger partial charge < -0.3 is 5.32 Å². The highest BCUT2D eigenvalue weighted by Crippen LogP contribution is 2.28. The van der Waals surface area contributed by atoms with Crippen LogP contribution in [0, 0.1) is 15.9 Å². The van der Waals surface area contributed by atoms with Crippen LogP contribution in [0.25, 0.3) is 0 Å². The van der Waals surface area contributed by atoms with Crippen LogP contribution in [0.15, 0.2) is 40.9 Å². The number of nitro benzene ring substituents is 1. The van der Waals surface area contributed by atoms with Gasteiger partial charge in [-0.15, -0.1) is 0 Å². The van der Waals surface area contributed by atoms with Crippen LogP contribution in [0.1, 0.15) is 5.56 Å². The average Bonchev–Trinajstić information content (AvgIpc) is 2.39. The van der Waals surface area contributed by atoms with Crippen molar-refractivity contribution in [1.82, 2.24) is 0 Å². The van der Waals surface area contributed by atoms with Gasteiger partial charge in [-0.3, -0.25) is 10.1 Å². The Morgan fingerprint density at radius 1 is 1.35 bits per heavy atom. The summed E-state index contributed by atoms with van der Waals surface area (Å²) in [5.74, 6) is -0.424. The van der Waals surface area contributed by atoms with Gasteiger partial charge in [0, 0.05) is 33.7 Å². The lowest BCUT2D eigenvalue weighted by Gasteiger charge is -2.10. The number of rotatable bonds is 4. The van der Waals surface area contributed by atoms with Crippen molar-refractivity contribution in [3.05, 3.63) is 67.4 Å². The third kappa shape index (κ3) is 3.26. The molecule has 0 saturated heterocycles. The molecule has 0 spiro atoms. The molecular weight excluding hydrogens is 351 g/mol. The van der Waals surface area contributed by atoms with Crippen molar-refractivity contribution >= 4 is 38.9 Å². The number of nitrogens with one attached hydrogen (secondary N) is 1. The molecule has 2 aromatic carbocycles. The van der Waals surface area contributed by atoms with Gasteiger partial charge in [-0.2, -0.15) is 0 Å². The molecule has 20 heavy (non-hydrogen) atoms. The number of nitrogens with zero attached hydrogens (tertiary/aromatic N) is 1. The summed E-state index contributed by atoms with van der Waals surface area (Å²) >= 11 is 9.20. The van der Waals surface area contributed by atoms with E-state index >= 15 is 0 Å². The number of nitro groups is 1. The van der Waals surface area contributed by atoms with Gasteiger partial charge in [0.05, 0.1) is 10.6 Å². The molecular formula is C13H9BrClFN2O2. The lowest BCUT2D eigenvalue weighted by molar-refractivity contribution is -0.384. The molecule has 0 fully saturated rings. The summed E-state index contributed by atoms with van der Waals surface area (Å²) < 4.78 is 14.3. The van der Waals surface area contributed by atoms with Crippen molar-refractivity contribution < 1.29 is 9.31 Å². The van der Waals surface area contributed by atoms with E-state index in [0.717, 1.165) is 0 Å². The highest BCUT2D eigenvalue weighted by atomic mass is 79.9. The predicted octanol–water partition coefficient (Wildman–Crippen LogP) is 4.76. The average molecular weight is 360 g/mol. The van der Waals surface area contributed by atoms with Gasteiger partial charge in [-0.1, -0.05) is 17.7 Å². The second kappa shape index (κ2) is 6.19. The molecule has 0 aromatic heterocycles. The lowest BCUT2D eigenvalue weighted by Crippen LogP contribution is -2.03. The smallest absolute Gasteiger partial charge is 0.271 e. The largest absolute Gasteiger partial charge is 0.380 e. The van der Waals surface area contributed by atoms with Crippen LogP contribution in [-0.4, -0.2) is 4.92 Å². The second-order valence-corrected chi connectivity index (χ2v) is 5.24.